The van der Waals surface area contributed by atoms with E-state index >= 15 is 0 Å². The number of nitrogens with one attached hydrogen (secondary N) is 2. The average molecular weight is 387 g/mol. The number of ether oxygens (including phenoxy) is 1. The first kappa shape index (κ1) is 19.8. The highest BCUT2D eigenvalue weighted by Crippen LogP contribution is 2.13. The molecule has 0 unspecified atom stereocenters. The van der Waals surface area contributed by atoms with E-state index < -0.39 is 5.97 Å². The van der Waals surface area contributed by atoms with Gasteiger partial charge in [-0.2, -0.15) is 5.10 Å². The summed E-state index contributed by atoms with van der Waals surface area (Å²) in [4.78, 5) is 23.9. The lowest BCUT2D eigenvalue weighted by Gasteiger charge is -2.05. The Morgan fingerprint density at radius 3 is 2.31 bits per heavy atom. The second-order valence-corrected chi connectivity index (χ2v) is 6.34. The molecule has 2 N–H and O–H groups in total. The molecule has 0 saturated carbocycles. The Morgan fingerprint density at radius 1 is 0.931 bits per heavy atom. The molecule has 0 atom stereocenters. The van der Waals surface area contributed by atoms with Crippen LogP contribution in [0, 0.1) is 6.92 Å². The zero-order valence-corrected chi connectivity index (χ0v) is 16.0. The van der Waals surface area contributed by atoms with Crippen molar-refractivity contribution in [1.29, 1.82) is 0 Å². The van der Waals surface area contributed by atoms with Crippen LogP contribution >= 0.6 is 0 Å². The fourth-order valence-corrected chi connectivity index (χ4v) is 2.43. The number of aryl methyl sites for hydroxylation is 1. The van der Waals surface area contributed by atoms with Crippen molar-refractivity contribution >= 4 is 23.8 Å². The van der Waals surface area contributed by atoms with Crippen LogP contribution in [0.5, 0.6) is 5.75 Å². The number of anilines is 1. The van der Waals surface area contributed by atoms with Crippen LogP contribution in [0.1, 0.15) is 21.5 Å². The van der Waals surface area contributed by atoms with E-state index in [1.165, 1.54) is 6.21 Å². The van der Waals surface area contributed by atoms with Gasteiger partial charge in [0.15, 0.2) is 0 Å². The molecule has 6 nitrogen and oxygen atoms in total. The minimum atomic E-state index is -0.416. The number of hydrogen-bond donors (Lipinski definition) is 2. The van der Waals surface area contributed by atoms with Crippen LogP contribution in [0.4, 0.5) is 5.69 Å². The maximum atomic E-state index is 12.0. The van der Waals surface area contributed by atoms with Crippen molar-refractivity contribution < 1.29 is 14.3 Å². The third kappa shape index (κ3) is 6.32. The largest absolute Gasteiger partial charge is 0.423 e. The lowest BCUT2D eigenvalue weighted by atomic mass is 10.2. The molecule has 0 fully saturated rings. The number of hydrazone groups is 1. The Hall–Kier alpha value is -3.93. The monoisotopic (exact) mass is 387 g/mol. The number of carbonyl (C=O) groups is 2. The van der Waals surface area contributed by atoms with Gasteiger partial charge in [-0.15, -0.1) is 0 Å². The summed E-state index contributed by atoms with van der Waals surface area (Å²) in [6.45, 7) is 2.12. The van der Waals surface area contributed by atoms with Crippen molar-refractivity contribution in [3.05, 3.63) is 95.6 Å². The van der Waals surface area contributed by atoms with Crippen LogP contribution in [0.25, 0.3) is 0 Å². The predicted molar refractivity (Wildman–Crippen MR) is 113 cm³/mol. The van der Waals surface area contributed by atoms with Gasteiger partial charge >= 0.3 is 5.97 Å². The first-order valence-electron chi connectivity index (χ1n) is 9.10. The molecule has 0 aliphatic rings. The lowest BCUT2D eigenvalue weighted by Crippen LogP contribution is -2.25. The van der Waals surface area contributed by atoms with Gasteiger partial charge in [-0.05, 0) is 61.0 Å². The van der Waals surface area contributed by atoms with Crippen molar-refractivity contribution in [2.75, 3.05) is 11.9 Å². The molecule has 0 saturated heterocycles. The van der Waals surface area contributed by atoms with Crippen molar-refractivity contribution in [1.82, 2.24) is 5.43 Å². The fraction of sp³-hybridized carbons (Fsp3) is 0.0870. The van der Waals surface area contributed by atoms with Crippen molar-refractivity contribution in [2.45, 2.75) is 6.92 Å². The molecule has 3 rings (SSSR count). The maximum absolute atomic E-state index is 12.0. The van der Waals surface area contributed by atoms with Crippen molar-refractivity contribution in [3.8, 4) is 5.75 Å². The zero-order valence-electron chi connectivity index (χ0n) is 16.0. The Labute approximate surface area is 169 Å². The molecule has 6 heteroatoms. The van der Waals surface area contributed by atoms with Gasteiger partial charge in [0, 0.05) is 5.69 Å². The summed E-state index contributed by atoms with van der Waals surface area (Å²) in [6.07, 6.45) is 1.52. The van der Waals surface area contributed by atoms with E-state index in [0.29, 0.717) is 11.3 Å². The number of rotatable bonds is 7. The number of esters is 1. The predicted octanol–water partition coefficient (Wildman–Crippen LogP) is 3.78. The summed E-state index contributed by atoms with van der Waals surface area (Å²) in [6, 6.07) is 23.4. The molecule has 0 spiro atoms. The average Bonchev–Trinajstić information content (AvgIpc) is 2.75. The number of benzene rings is 3. The number of amides is 1. The van der Waals surface area contributed by atoms with Crippen molar-refractivity contribution in [3.63, 3.8) is 0 Å². The highest BCUT2D eigenvalue weighted by atomic mass is 16.5. The molecule has 29 heavy (non-hydrogen) atoms. The Morgan fingerprint density at radius 2 is 1.62 bits per heavy atom. The molecular weight excluding hydrogens is 366 g/mol. The van der Waals surface area contributed by atoms with E-state index in [1.807, 2.05) is 37.3 Å². The first-order chi connectivity index (χ1) is 14.1. The van der Waals surface area contributed by atoms with Crippen LogP contribution in [-0.4, -0.2) is 24.6 Å². The lowest BCUT2D eigenvalue weighted by molar-refractivity contribution is -0.119. The quantitative estimate of drug-likeness (QED) is 0.280. The highest BCUT2D eigenvalue weighted by Gasteiger charge is 2.07. The normalized spacial score (nSPS) is 10.5. The van der Waals surface area contributed by atoms with Gasteiger partial charge in [0.2, 0.25) is 0 Å². The van der Waals surface area contributed by atoms with E-state index in [9.17, 15) is 9.59 Å². The summed E-state index contributed by atoms with van der Waals surface area (Å²) in [5.74, 6) is -0.238. The van der Waals surface area contributed by atoms with E-state index in [-0.39, 0.29) is 12.5 Å². The number of nitrogens with zero attached hydrogens (tertiary/aromatic N) is 1. The molecule has 146 valence electrons. The van der Waals surface area contributed by atoms with Gasteiger partial charge in [-0.1, -0.05) is 35.9 Å². The topological polar surface area (TPSA) is 79.8 Å². The molecular formula is C23H21N3O3. The minimum absolute atomic E-state index is 0.120. The van der Waals surface area contributed by atoms with E-state index in [4.69, 9.17) is 4.74 Å². The smallest absolute Gasteiger partial charge is 0.343 e. The molecule has 0 aliphatic heterocycles. The summed E-state index contributed by atoms with van der Waals surface area (Å²) >= 11 is 0. The SMILES string of the molecule is Cc1ccc(NCC(=O)N/N=C/c2ccc(OC(=O)c3ccccc3)cc2)cc1. The molecule has 0 heterocycles. The maximum Gasteiger partial charge on any atom is 0.343 e. The molecule has 1 amide bonds. The van der Waals surface area contributed by atoms with Crippen LogP contribution in [-0.2, 0) is 4.79 Å². The first-order valence-corrected chi connectivity index (χ1v) is 9.10. The standard InChI is InChI=1S/C23H21N3O3/c1-17-7-11-20(12-8-17)24-16-22(27)26-25-15-18-9-13-21(14-10-18)29-23(28)19-5-3-2-4-6-19/h2-15,24H,16H2,1H3,(H,26,27)/b25-15+. The van der Waals surface area contributed by atoms with E-state index in [0.717, 1.165) is 16.8 Å². The van der Waals surface area contributed by atoms with E-state index in [2.05, 4.69) is 15.8 Å². The van der Waals surface area contributed by atoms with Gasteiger partial charge in [-0.3, -0.25) is 4.79 Å². The fourth-order valence-electron chi connectivity index (χ4n) is 2.43. The zero-order chi connectivity index (χ0) is 20.5. The molecule has 3 aromatic carbocycles. The van der Waals surface area contributed by atoms with Gasteiger partial charge in [0.25, 0.3) is 5.91 Å². The second-order valence-electron chi connectivity index (χ2n) is 6.34. The van der Waals surface area contributed by atoms with Gasteiger partial charge in [0.05, 0.1) is 18.3 Å². The second kappa shape index (κ2) is 9.85. The molecule has 0 radical (unpaired) electrons. The van der Waals surface area contributed by atoms with Gasteiger partial charge in [0.1, 0.15) is 5.75 Å². The minimum Gasteiger partial charge on any atom is -0.423 e. The summed E-state index contributed by atoms with van der Waals surface area (Å²) in [5, 5.41) is 6.96. The van der Waals surface area contributed by atoms with Crippen LogP contribution in [0.2, 0.25) is 0 Å². The highest BCUT2D eigenvalue weighted by molar-refractivity contribution is 5.91. The van der Waals surface area contributed by atoms with Crippen LogP contribution in [0.15, 0.2) is 84.0 Å². The van der Waals surface area contributed by atoms with Crippen LogP contribution in [0.3, 0.4) is 0 Å². The molecule has 0 aromatic heterocycles. The third-order valence-electron chi connectivity index (χ3n) is 4.01. The van der Waals surface area contributed by atoms with Crippen molar-refractivity contribution in [2.24, 2.45) is 5.10 Å². The molecule has 0 aliphatic carbocycles. The Balaban J connectivity index is 1.45. The third-order valence-corrected chi connectivity index (χ3v) is 4.01. The Bertz CT molecular complexity index is 982. The number of carbonyl (C=O) groups excluding carboxylic acids is 2. The molecule has 3 aromatic rings. The Kier molecular flexibility index (Phi) is 6.73. The van der Waals surface area contributed by atoms with Crippen LogP contribution < -0.4 is 15.5 Å². The van der Waals surface area contributed by atoms with Gasteiger partial charge in [-0.25, -0.2) is 10.2 Å². The van der Waals surface area contributed by atoms with E-state index in [1.54, 1.807) is 48.5 Å². The number of hydrogen-bond acceptors (Lipinski definition) is 5. The summed E-state index contributed by atoms with van der Waals surface area (Å²) in [7, 11) is 0. The van der Waals surface area contributed by atoms with Gasteiger partial charge < -0.3 is 10.1 Å². The summed E-state index contributed by atoms with van der Waals surface area (Å²) in [5.41, 5.74) is 5.74. The summed E-state index contributed by atoms with van der Waals surface area (Å²) < 4.78 is 5.32. The molecule has 0 bridgehead atoms.